The predicted octanol–water partition coefficient (Wildman–Crippen LogP) is 2.86. The molecule has 0 saturated carbocycles. The molecule has 0 aliphatic rings. The summed E-state index contributed by atoms with van der Waals surface area (Å²) in [5.41, 5.74) is 0.989. The van der Waals surface area contributed by atoms with Gasteiger partial charge in [0.15, 0.2) is 9.84 Å². The van der Waals surface area contributed by atoms with Gasteiger partial charge < -0.3 is 10.4 Å². The standard InChI is InChI=1S/C15H15ClFNO3S/c16-14-2-1-3-15(17)13(14)10-18-11-4-6-12(7-5-11)22(20,21)9-8-19/h1-7,18-19H,8-10H2. The van der Waals surface area contributed by atoms with Crippen LogP contribution in [0.3, 0.4) is 0 Å². The highest BCUT2D eigenvalue weighted by Gasteiger charge is 2.13. The lowest BCUT2D eigenvalue weighted by Gasteiger charge is -2.10. The van der Waals surface area contributed by atoms with Gasteiger partial charge in [0.1, 0.15) is 5.82 Å². The zero-order valence-electron chi connectivity index (χ0n) is 11.6. The number of sulfone groups is 1. The summed E-state index contributed by atoms with van der Waals surface area (Å²) >= 11 is 5.93. The Morgan fingerprint density at radius 1 is 1.14 bits per heavy atom. The van der Waals surface area contributed by atoms with E-state index < -0.39 is 22.3 Å². The summed E-state index contributed by atoms with van der Waals surface area (Å²) < 4.78 is 37.2. The van der Waals surface area contributed by atoms with Crippen LogP contribution in [-0.2, 0) is 16.4 Å². The Morgan fingerprint density at radius 3 is 2.41 bits per heavy atom. The molecule has 0 fully saturated rings. The molecule has 0 amide bonds. The maximum Gasteiger partial charge on any atom is 0.180 e. The molecule has 0 unspecified atom stereocenters. The molecule has 2 N–H and O–H groups in total. The summed E-state index contributed by atoms with van der Waals surface area (Å²) in [7, 11) is -3.47. The van der Waals surface area contributed by atoms with E-state index in [1.165, 1.54) is 24.3 Å². The lowest BCUT2D eigenvalue weighted by atomic mass is 10.2. The summed E-state index contributed by atoms with van der Waals surface area (Å²) in [6.45, 7) is -0.234. The average Bonchev–Trinajstić information content (AvgIpc) is 2.47. The highest BCUT2D eigenvalue weighted by atomic mass is 35.5. The molecule has 2 rings (SSSR count). The van der Waals surface area contributed by atoms with E-state index in [0.29, 0.717) is 16.3 Å². The fourth-order valence-electron chi connectivity index (χ4n) is 1.91. The number of aliphatic hydroxyl groups excluding tert-OH is 1. The van der Waals surface area contributed by atoms with Crippen LogP contribution in [0, 0.1) is 5.82 Å². The van der Waals surface area contributed by atoms with E-state index in [9.17, 15) is 12.8 Å². The zero-order valence-corrected chi connectivity index (χ0v) is 13.2. The van der Waals surface area contributed by atoms with Crippen LogP contribution in [0.1, 0.15) is 5.56 Å². The first-order valence-electron chi connectivity index (χ1n) is 6.54. The summed E-state index contributed by atoms with van der Waals surface area (Å²) in [5, 5.41) is 12.1. The van der Waals surface area contributed by atoms with Crippen molar-refractivity contribution >= 4 is 27.1 Å². The second-order valence-corrected chi connectivity index (χ2v) is 7.14. The third-order valence-electron chi connectivity index (χ3n) is 3.10. The molecule has 0 aliphatic carbocycles. The zero-order chi connectivity index (χ0) is 16.2. The maximum atomic E-state index is 13.6. The van der Waals surface area contributed by atoms with E-state index in [4.69, 9.17) is 16.7 Å². The second-order valence-electron chi connectivity index (χ2n) is 4.62. The highest BCUT2D eigenvalue weighted by molar-refractivity contribution is 7.91. The molecule has 2 aromatic rings. The minimum atomic E-state index is -3.47. The van der Waals surface area contributed by atoms with Gasteiger partial charge in [-0.25, -0.2) is 12.8 Å². The van der Waals surface area contributed by atoms with Crippen molar-refractivity contribution in [3.63, 3.8) is 0 Å². The molecule has 22 heavy (non-hydrogen) atoms. The van der Waals surface area contributed by atoms with Crippen LogP contribution in [0.15, 0.2) is 47.4 Å². The first-order valence-corrected chi connectivity index (χ1v) is 8.57. The van der Waals surface area contributed by atoms with E-state index in [-0.39, 0.29) is 17.2 Å². The molecule has 0 radical (unpaired) electrons. The van der Waals surface area contributed by atoms with Gasteiger partial charge in [-0.1, -0.05) is 17.7 Å². The Bertz CT molecular complexity index is 728. The lowest BCUT2D eigenvalue weighted by Crippen LogP contribution is -2.10. The Kier molecular flexibility index (Phi) is 5.39. The summed E-state index contributed by atoms with van der Waals surface area (Å²) in [6.07, 6.45) is 0. The van der Waals surface area contributed by atoms with Crippen molar-refractivity contribution in [1.29, 1.82) is 0 Å². The third-order valence-corrected chi connectivity index (χ3v) is 5.17. The quantitative estimate of drug-likeness (QED) is 0.846. The van der Waals surface area contributed by atoms with Gasteiger partial charge in [0.25, 0.3) is 0 Å². The Hall–Kier alpha value is -1.63. The summed E-state index contributed by atoms with van der Waals surface area (Å²) in [6, 6.07) is 10.5. The van der Waals surface area contributed by atoms with E-state index in [2.05, 4.69) is 5.32 Å². The smallest absolute Gasteiger partial charge is 0.180 e. The largest absolute Gasteiger partial charge is 0.395 e. The second kappa shape index (κ2) is 7.09. The number of anilines is 1. The molecule has 0 saturated heterocycles. The number of rotatable bonds is 6. The van der Waals surface area contributed by atoms with Gasteiger partial charge in [0, 0.05) is 22.8 Å². The normalized spacial score (nSPS) is 11.4. The molecule has 7 heteroatoms. The predicted molar refractivity (Wildman–Crippen MR) is 84.3 cm³/mol. The first-order chi connectivity index (χ1) is 10.4. The number of nitrogens with one attached hydrogen (secondary N) is 1. The molecule has 0 atom stereocenters. The van der Waals surface area contributed by atoms with Gasteiger partial charge in [-0.15, -0.1) is 0 Å². The Morgan fingerprint density at radius 2 is 1.82 bits per heavy atom. The number of aliphatic hydroxyl groups is 1. The monoisotopic (exact) mass is 343 g/mol. The van der Waals surface area contributed by atoms with Crippen molar-refractivity contribution in [1.82, 2.24) is 0 Å². The van der Waals surface area contributed by atoms with Gasteiger partial charge in [0.2, 0.25) is 0 Å². The van der Waals surface area contributed by atoms with Crippen molar-refractivity contribution in [2.45, 2.75) is 11.4 Å². The molecule has 0 aliphatic heterocycles. The highest BCUT2D eigenvalue weighted by Crippen LogP contribution is 2.21. The molecular weight excluding hydrogens is 329 g/mol. The Balaban J connectivity index is 2.09. The van der Waals surface area contributed by atoms with Gasteiger partial charge in [-0.2, -0.15) is 0 Å². The fourth-order valence-corrected chi connectivity index (χ4v) is 3.17. The topological polar surface area (TPSA) is 66.4 Å². The number of benzene rings is 2. The van der Waals surface area contributed by atoms with Crippen LogP contribution in [0.4, 0.5) is 10.1 Å². The molecule has 0 heterocycles. The van der Waals surface area contributed by atoms with E-state index >= 15 is 0 Å². The molecular formula is C15H15ClFNO3S. The molecule has 4 nitrogen and oxygen atoms in total. The van der Waals surface area contributed by atoms with Crippen molar-refractivity contribution in [3.05, 3.63) is 58.9 Å². The van der Waals surface area contributed by atoms with Crippen LogP contribution >= 0.6 is 11.6 Å². The van der Waals surface area contributed by atoms with Gasteiger partial charge in [0.05, 0.1) is 17.3 Å². The molecule has 0 aromatic heterocycles. The van der Waals surface area contributed by atoms with E-state index in [1.807, 2.05) is 0 Å². The Labute approximate surface area is 133 Å². The van der Waals surface area contributed by atoms with Gasteiger partial charge in [-0.3, -0.25) is 0 Å². The van der Waals surface area contributed by atoms with Crippen molar-refractivity contribution in [3.8, 4) is 0 Å². The SMILES string of the molecule is O=S(=O)(CCO)c1ccc(NCc2c(F)cccc2Cl)cc1. The number of hydrogen-bond donors (Lipinski definition) is 2. The fraction of sp³-hybridized carbons (Fsp3) is 0.200. The third kappa shape index (κ3) is 3.97. The minimum absolute atomic E-state index is 0.135. The van der Waals surface area contributed by atoms with Crippen molar-refractivity contribution in [2.24, 2.45) is 0 Å². The molecule has 0 bridgehead atoms. The van der Waals surface area contributed by atoms with Gasteiger partial charge in [-0.05, 0) is 36.4 Å². The van der Waals surface area contributed by atoms with Crippen LogP contribution in [-0.4, -0.2) is 25.9 Å². The maximum absolute atomic E-state index is 13.6. The first kappa shape index (κ1) is 16.7. The molecule has 0 spiro atoms. The van der Waals surface area contributed by atoms with E-state index in [0.717, 1.165) is 0 Å². The van der Waals surface area contributed by atoms with Crippen molar-refractivity contribution < 1.29 is 17.9 Å². The van der Waals surface area contributed by atoms with Crippen LogP contribution in [0.5, 0.6) is 0 Å². The van der Waals surface area contributed by atoms with Crippen LogP contribution in [0.2, 0.25) is 5.02 Å². The summed E-state index contributed by atoms with van der Waals surface area (Å²) in [4.78, 5) is 0.135. The van der Waals surface area contributed by atoms with Crippen molar-refractivity contribution in [2.75, 3.05) is 17.7 Å². The van der Waals surface area contributed by atoms with E-state index in [1.54, 1.807) is 18.2 Å². The average molecular weight is 344 g/mol. The summed E-state index contributed by atoms with van der Waals surface area (Å²) in [5.74, 6) is -0.716. The number of halogens is 2. The molecule has 118 valence electrons. The van der Waals surface area contributed by atoms with Crippen LogP contribution < -0.4 is 5.32 Å². The minimum Gasteiger partial charge on any atom is -0.395 e. The van der Waals surface area contributed by atoms with Crippen LogP contribution in [0.25, 0.3) is 0 Å². The number of hydrogen-bond acceptors (Lipinski definition) is 4. The van der Waals surface area contributed by atoms with Gasteiger partial charge >= 0.3 is 0 Å². The molecule has 2 aromatic carbocycles. The lowest BCUT2D eigenvalue weighted by molar-refractivity contribution is 0.319.